The van der Waals surface area contributed by atoms with Crippen LogP contribution in [-0.2, 0) is 13.1 Å². The molecule has 5 aromatic heterocycles. The van der Waals surface area contributed by atoms with Crippen LogP contribution in [0, 0.1) is 5.92 Å². The molecule has 0 amide bonds. The summed E-state index contributed by atoms with van der Waals surface area (Å²) in [5.41, 5.74) is 5.89. The highest BCUT2D eigenvalue weighted by Crippen LogP contribution is 2.23. The molecule has 1 aliphatic rings. The maximum Gasteiger partial charge on any atom is 0.137 e. The van der Waals surface area contributed by atoms with Crippen molar-refractivity contribution in [3.63, 3.8) is 0 Å². The number of nitrogens with one attached hydrogen (secondary N) is 1. The third kappa shape index (κ3) is 5.02. The maximum absolute atomic E-state index is 4.77. The van der Waals surface area contributed by atoms with Crippen LogP contribution in [0.25, 0.3) is 22.6 Å². The number of hydrogen-bond donors (Lipinski definition) is 1. The topological polar surface area (TPSA) is 77.9 Å². The van der Waals surface area contributed by atoms with Crippen molar-refractivity contribution in [2.45, 2.75) is 45.2 Å². The van der Waals surface area contributed by atoms with Gasteiger partial charge >= 0.3 is 0 Å². The molecular weight excluding hydrogens is 436 g/mol. The number of imidazole rings is 1. The molecule has 1 N–H and O–H groups in total. The molecular formula is C27H30N8. The minimum absolute atomic E-state index is 0.564. The van der Waals surface area contributed by atoms with Gasteiger partial charge in [0.25, 0.3) is 0 Å². The second-order valence-corrected chi connectivity index (χ2v) is 9.49. The van der Waals surface area contributed by atoms with Crippen LogP contribution in [0.15, 0.2) is 73.7 Å². The second-order valence-electron chi connectivity index (χ2n) is 9.49. The standard InChI is InChI=1S/C27H30N8/c1-2-6-21(7-3-1)13-28-14-22-8-9-27-30-24(18-34(27)17-22)19-35-20-26(31-32-35)23-12-25(16-29-15-23)33-10-4-5-11-33/h4-5,8-12,15-18,20-21,28H,1-3,6-7,13-14,19H2. The van der Waals surface area contributed by atoms with E-state index in [4.69, 9.17) is 4.98 Å². The molecule has 1 fully saturated rings. The van der Waals surface area contributed by atoms with Crippen LogP contribution in [0.2, 0.25) is 0 Å². The summed E-state index contributed by atoms with van der Waals surface area (Å²) in [4.78, 5) is 9.15. The number of fused-ring (bicyclic) bond motifs is 1. The molecule has 5 heterocycles. The molecule has 178 valence electrons. The van der Waals surface area contributed by atoms with Crippen LogP contribution in [0.4, 0.5) is 0 Å². The highest BCUT2D eigenvalue weighted by molar-refractivity contribution is 5.59. The van der Waals surface area contributed by atoms with Crippen LogP contribution in [-0.4, -0.2) is 40.5 Å². The summed E-state index contributed by atoms with van der Waals surface area (Å²) < 4.78 is 5.96. The quantitative estimate of drug-likeness (QED) is 0.364. The second kappa shape index (κ2) is 9.84. The van der Waals surface area contributed by atoms with Crippen LogP contribution in [0.1, 0.15) is 43.4 Å². The fourth-order valence-electron chi connectivity index (χ4n) is 4.97. The largest absolute Gasteiger partial charge is 0.322 e. The highest BCUT2D eigenvalue weighted by Gasteiger charge is 2.13. The van der Waals surface area contributed by atoms with Gasteiger partial charge in [-0.15, -0.1) is 5.10 Å². The molecule has 0 unspecified atom stereocenters. The van der Waals surface area contributed by atoms with Gasteiger partial charge in [0, 0.05) is 43.1 Å². The first-order valence-corrected chi connectivity index (χ1v) is 12.5. The summed E-state index contributed by atoms with van der Waals surface area (Å²) in [5.74, 6) is 0.840. The van der Waals surface area contributed by atoms with E-state index in [0.29, 0.717) is 6.54 Å². The molecule has 35 heavy (non-hydrogen) atoms. The van der Waals surface area contributed by atoms with Crippen molar-refractivity contribution in [2.75, 3.05) is 6.54 Å². The van der Waals surface area contributed by atoms with Gasteiger partial charge in [-0.25, -0.2) is 9.67 Å². The normalized spacial score (nSPS) is 14.6. The fourth-order valence-corrected chi connectivity index (χ4v) is 4.97. The minimum atomic E-state index is 0.564. The zero-order chi connectivity index (χ0) is 23.5. The lowest BCUT2D eigenvalue weighted by Gasteiger charge is -2.21. The Balaban J connectivity index is 1.11. The van der Waals surface area contributed by atoms with Crippen molar-refractivity contribution in [2.24, 2.45) is 5.92 Å². The van der Waals surface area contributed by atoms with E-state index in [1.165, 1.54) is 37.7 Å². The van der Waals surface area contributed by atoms with E-state index in [9.17, 15) is 0 Å². The Morgan fingerprint density at radius 1 is 0.971 bits per heavy atom. The van der Waals surface area contributed by atoms with Gasteiger partial charge in [0.05, 0.1) is 30.3 Å². The van der Waals surface area contributed by atoms with E-state index in [1.54, 1.807) is 0 Å². The van der Waals surface area contributed by atoms with Crippen molar-refractivity contribution in [3.05, 3.63) is 85.0 Å². The molecule has 0 atom stereocenters. The van der Waals surface area contributed by atoms with Crippen LogP contribution in [0.5, 0.6) is 0 Å². The third-order valence-corrected chi connectivity index (χ3v) is 6.83. The van der Waals surface area contributed by atoms with Gasteiger partial charge in [-0.1, -0.05) is 30.5 Å². The van der Waals surface area contributed by atoms with Crippen molar-refractivity contribution in [1.29, 1.82) is 0 Å². The third-order valence-electron chi connectivity index (χ3n) is 6.83. The van der Waals surface area contributed by atoms with Crippen molar-refractivity contribution in [1.82, 2.24) is 39.2 Å². The fraction of sp³-hybridized carbons (Fsp3) is 0.333. The monoisotopic (exact) mass is 466 g/mol. The Labute approximate surface area is 204 Å². The van der Waals surface area contributed by atoms with Crippen molar-refractivity contribution in [3.8, 4) is 16.9 Å². The lowest BCUT2D eigenvalue weighted by Crippen LogP contribution is -2.24. The predicted molar refractivity (Wildman–Crippen MR) is 135 cm³/mol. The molecule has 1 saturated carbocycles. The Kier molecular flexibility index (Phi) is 6.11. The molecule has 8 heteroatoms. The Hall–Kier alpha value is -3.78. The maximum atomic E-state index is 4.77. The van der Waals surface area contributed by atoms with Gasteiger partial charge in [0.1, 0.15) is 11.3 Å². The Morgan fingerprint density at radius 2 is 1.86 bits per heavy atom. The zero-order valence-electron chi connectivity index (χ0n) is 19.8. The number of pyridine rings is 2. The molecule has 0 radical (unpaired) electrons. The van der Waals surface area contributed by atoms with Crippen molar-refractivity contribution >= 4 is 5.65 Å². The lowest BCUT2D eigenvalue weighted by molar-refractivity contribution is 0.342. The highest BCUT2D eigenvalue weighted by atomic mass is 15.4. The first-order chi connectivity index (χ1) is 17.3. The van der Waals surface area contributed by atoms with E-state index in [-0.39, 0.29) is 0 Å². The average Bonchev–Trinajstić information content (AvgIpc) is 3.66. The summed E-state index contributed by atoms with van der Waals surface area (Å²) >= 11 is 0. The van der Waals surface area contributed by atoms with Crippen LogP contribution in [0.3, 0.4) is 0 Å². The number of hydrogen-bond acceptors (Lipinski definition) is 5. The summed E-state index contributed by atoms with van der Waals surface area (Å²) in [5, 5.41) is 12.3. The molecule has 8 nitrogen and oxygen atoms in total. The van der Waals surface area contributed by atoms with Gasteiger partial charge in [0.2, 0.25) is 0 Å². The summed E-state index contributed by atoms with van der Waals surface area (Å²) in [6.07, 6.45) is 20.8. The molecule has 1 aliphatic carbocycles. The predicted octanol–water partition coefficient (Wildman–Crippen LogP) is 4.50. The SMILES string of the molecule is c1ccn(-c2cncc(-c3cn(Cc4cn5cc(CNCC6CCCCC6)ccc5n4)nn3)c2)c1. The molecule has 0 saturated heterocycles. The molecule has 5 aromatic rings. The van der Waals surface area contributed by atoms with Gasteiger partial charge in [-0.05, 0) is 55.1 Å². The van der Waals surface area contributed by atoms with Gasteiger partial charge in [-0.2, -0.15) is 0 Å². The lowest BCUT2D eigenvalue weighted by atomic mass is 9.89. The van der Waals surface area contributed by atoms with Gasteiger partial charge in [-0.3, -0.25) is 4.98 Å². The Bertz CT molecular complexity index is 1390. The average molecular weight is 467 g/mol. The summed E-state index contributed by atoms with van der Waals surface area (Å²) in [7, 11) is 0. The van der Waals surface area contributed by atoms with E-state index in [0.717, 1.165) is 47.3 Å². The molecule has 0 aliphatic heterocycles. The zero-order valence-corrected chi connectivity index (χ0v) is 19.8. The molecule has 0 spiro atoms. The van der Waals surface area contributed by atoms with E-state index in [2.05, 4.69) is 55.6 Å². The minimum Gasteiger partial charge on any atom is -0.322 e. The number of rotatable bonds is 8. The molecule has 6 rings (SSSR count). The van der Waals surface area contributed by atoms with Crippen LogP contribution >= 0.6 is 0 Å². The number of aromatic nitrogens is 7. The van der Waals surface area contributed by atoms with E-state index >= 15 is 0 Å². The van der Waals surface area contributed by atoms with Gasteiger partial charge < -0.3 is 14.3 Å². The smallest absolute Gasteiger partial charge is 0.137 e. The summed E-state index contributed by atoms with van der Waals surface area (Å²) in [6.45, 7) is 2.57. The first kappa shape index (κ1) is 21.7. The van der Waals surface area contributed by atoms with Gasteiger partial charge in [0.15, 0.2) is 0 Å². The van der Waals surface area contributed by atoms with Crippen molar-refractivity contribution < 1.29 is 0 Å². The van der Waals surface area contributed by atoms with E-state index in [1.807, 2.05) is 52.4 Å². The van der Waals surface area contributed by atoms with Crippen LogP contribution < -0.4 is 5.32 Å². The first-order valence-electron chi connectivity index (χ1n) is 12.5. The Morgan fingerprint density at radius 3 is 2.74 bits per heavy atom. The molecule has 0 aromatic carbocycles. The molecule has 0 bridgehead atoms. The summed E-state index contributed by atoms with van der Waals surface area (Å²) in [6, 6.07) is 10.3. The van der Waals surface area contributed by atoms with E-state index < -0.39 is 0 Å². The number of nitrogens with zero attached hydrogens (tertiary/aromatic N) is 7.